The van der Waals surface area contributed by atoms with E-state index in [0.717, 1.165) is 0 Å². The molecule has 1 aliphatic carbocycles. The van der Waals surface area contributed by atoms with Crippen molar-refractivity contribution in [3.63, 3.8) is 0 Å². The van der Waals surface area contributed by atoms with Crippen LogP contribution in [0.1, 0.15) is 131 Å². The van der Waals surface area contributed by atoms with E-state index in [-0.39, 0.29) is 0 Å². The van der Waals surface area contributed by atoms with Crippen LogP contribution >= 0.6 is 0 Å². The third-order valence-corrected chi connectivity index (χ3v) is 6.67. The monoisotopic (exact) mass is 394 g/mol. The van der Waals surface area contributed by atoms with Crippen LogP contribution in [0.5, 0.6) is 0 Å². The Kier molecular flexibility index (Phi) is 13.7. The van der Waals surface area contributed by atoms with Gasteiger partial charge in [0.25, 0.3) is 0 Å². The van der Waals surface area contributed by atoms with E-state index in [0.29, 0.717) is 16.9 Å². The van der Waals surface area contributed by atoms with Gasteiger partial charge < -0.3 is 10.6 Å². The summed E-state index contributed by atoms with van der Waals surface area (Å²) in [5, 5.41) is 7.74. The molecule has 0 aromatic heterocycles. The summed E-state index contributed by atoms with van der Waals surface area (Å²) in [7, 11) is 0. The Labute approximate surface area is 178 Å². The van der Waals surface area contributed by atoms with E-state index in [1.807, 2.05) is 0 Å². The Morgan fingerprint density at radius 3 is 1.82 bits per heavy atom. The third-order valence-electron chi connectivity index (χ3n) is 6.67. The van der Waals surface area contributed by atoms with Crippen LogP contribution in [0.4, 0.5) is 0 Å². The van der Waals surface area contributed by atoms with E-state index >= 15 is 0 Å². The smallest absolute Gasteiger partial charge is 0.00778 e. The molecule has 0 spiro atoms. The number of unbranched alkanes of at least 4 members (excludes halogenated alkanes) is 10. The van der Waals surface area contributed by atoms with Gasteiger partial charge in [0.15, 0.2) is 0 Å². The molecule has 1 aliphatic rings. The first-order valence-electron chi connectivity index (χ1n) is 12.8. The Morgan fingerprint density at radius 1 is 0.679 bits per heavy atom. The first kappa shape index (κ1) is 26.0. The second-order valence-corrected chi connectivity index (χ2v) is 10.9. The lowest BCUT2D eigenvalue weighted by Crippen LogP contribution is -2.48. The van der Waals surface area contributed by atoms with Gasteiger partial charge in [0, 0.05) is 12.6 Å². The molecule has 2 atom stereocenters. The summed E-state index contributed by atoms with van der Waals surface area (Å²) in [6.07, 6.45) is 20.8. The standard InChI is InChI=1S/C26H54N2/c1-6-8-10-12-14-16-18-27-23-26(5)21-24(20-25(3,4)22-26)28-19-17-15-13-11-9-7-2/h24,27-28H,6-23H2,1-5H3. The number of nitrogens with one attached hydrogen (secondary N) is 2. The summed E-state index contributed by atoms with van der Waals surface area (Å²) in [4.78, 5) is 0. The zero-order valence-electron chi connectivity index (χ0n) is 20.3. The average molecular weight is 395 g/mol. The van der Waals surface area contributed by atoms with E-state index in [1.54, 1.807) is 0 Å². The summed E-state index contributed by atoms with van der Waals surface area (Å²) in [6.45, 7) is 15.7. The van der Waals surface area contributed by atoms with E-state index in [2.05, 4.69) is 45.3 Å². The highest BCUT2D eigenvalue weighted by Crippen LogP contribution is 2.45. The Hall–Kier alpha value is -0.0800. The fourth-order valence-corrected chi connectivity index (χ4v) is 5.54. The molecule has 0 aliphatic heterocycles. The molecule has 2 heteroatoms. The van der Waals surface area contributed by atoms with Gasteiger partial charge in [-0.15, -0.1) is 0 Å². The largest absolute Gasteiger partial charge is 0.316 e. The molecule has 0 radical (unpaired) electrons. The molecule has 2 nitrogen and oxygen atoms in total. The molecule has 0 amide bonds. The van der Waals surface area contributed by atoms with Gasteiger partial charge in [-0.3, -0.25) is 0 Å². The quantitative estimate of drug-likeness (QED) is 0.250. The molecule has 0 bridgehead atoms. The Bertz CT molecular complexity index is 365. The van der Waals surface area contributed by atoms with Crippen molar-refractivity contribution in [3.8, 4) is 0 Å². The minimum absolute atomic E-state index is 0.447. The van der Waals surface area contributed by atoms with Gasteiger partial charge >= 0.3 is 0 Å². The molecule has 0 aromatic rings. The lowest BCUT2D eigenvalue weighted by atomic mass is 9.62. The predicted molar refractivity (Wildman–Crippen MR) is 127 cm³/mol. The van der Waals surface area contributed by atoms with Crippen molar-refractivity contribution < 1.29 is 0 Å². The van der Waals surface area contributed by atoms with Gasteiger partial charge in [0.2, 0.25) is 0 Å². The number of hydrogen-bond donors (Lipinski definition) is 2. The fourth-order valence-electron chi connectivity index (χ4n) is 5.54. The maximum atomic E-state index is 3.93. The second kappa shape index (κ2) is 14.8. The van der Waals surface area contributed by atoms with Crippen LogP contribution in [0, 0.1) is 10.8 Å². The van der Waals surface area contributed by atoms with Crippen LogP contribution in [0.25, 0.3) is 0 Å². The summed E-state index contributed by atoms with van der Waals surface area (Å²) in [5.41, 5.74) is 0.913. The van der Waals surface area contributed by atoms with Gasteiger partial charge in [0.1, 0.15) is 0 Å². The minimum atomic E-state index is 0.447. The van der Waals surface area contributed by atoms with Crippen molar-refractivity contribution in [2.45, 2.75) is 137 Å². The van der Waals surface area contributed by atoms with Gasteiger partial charge in [-0.2, -0.15) is 0 Å². The molecule has 168 valence electrons. The van der Waals surface area contributed by atoms with E-state index in [1.165, 1.54) is 116 Å². The van der Waals surface area contributed by atoms with E-state index < -0.39 is 0 Å². The van der Waals surface area contributed by atoms with Crippen LogP contribution in [0.2, 0.25) is 0 Å². The first-order chi connectivity index (χ1) is 13.4. The van der Waals surface area contributed by atoms with Gasteiger partial charge in [0.05, 0.1) is 0 Å². The third kappa shape index (κ3) is 12.5. The Balaban J connectivity index is 2.23. The van der Waals surface area contributed by atoms with E-state index in [9.17, 15) is 0 Å². The summed E-state index contributed by atoms with van der Waals surface area (Å²) in [5.74, 6) is 0. The van der Waals surface area contributed by atoms with Crippen LogP contribution in [-0.2, 0) is 0 Å². The van der Waals surface area contributed by atoms with Gasteiger partial charge in [-0.1, -0.05) is 98.8 Å². The highest BCUT2D eigenvalue weighted by atomic mass is 14.9. The molecule has 1 saturated carbocycles. The molecule has 28 heavy (non-hydrogen) atoms. The van der Waals surface area contributed by atoms with E-state index in [4.69, 9.17) is 0 Å². The SMILES string of the molecule is CCCCCCCCNCC1(C)CC(NCCCCCCCC)CC(C)(C)C1. The zero-order chi connectivity index (χ0) is 20.7. The van der Waals surface area contributed by atoms with Crippen molar-refractivity contribution >= 4 is 0 Å². The maximum Gasteiger partial charge on any atom is 0.00778 e. The molecule has 2 unspecified atom stereocenters. The van der Waals surface area contributed by atoms with Crippen molar-refractivity contribution in [2.24, 2.45) is 10.8 Å². The normalized spacial score (nSPS) is 24.5. The minimum Gasteiger partial charge on any atom is -0.316 e. The molecule has 1 fully saturated rings. The van der Waals surface area contributed by atoms with Crippen LogP contribution < -0.4 is 10.6 Å². The molecule has 2 N–H and O–H groups in total. The maximum absolute atomic E-state index is 3.93. The summed E-state index contributed by atoms with van der Waals surface area (Å²) >= 11 is 0. The molecule has 1 rings (SSSR count). The van der Waals surface area contributed by atoms with Crippen molar-refractivity contribution in [3.05, 3.63) is 0 Å². The van der Waals surface area contributed by atoms with Crippen molar-refractivity contribution in [2.75, 3.05) is 19.6 Å². The fraction of sp³-hybridized carbons (Fsp3) is 1.00. The number of hydrogen-bond acceptors (Lipinski definition) is 2. The average Bonchev–Trinajstić information content (AvgIpc) is 2.61. The first-order valence-corrected chi connectivity index (χ1v) is 12.8. The van der Waals surface area contributed by atoms with Crippen molar-refractivity contribution in [1.29, 1.82) is 0 Å². The summed E-state index contributed by atoms with van der Waals surface area (Å²) in [6, 6.07) is 0.709. The van der Waals surface area contributed by atoms with Gasteiger partial charge in [-0.05, 0) is 56.0 Å². The number of rotatable bonds is 17. The lowest BCUT2D eigenvalue weighted by molar-refractivity contribution is 0.0703. The molecular formula is C26H54N2. The second-order valence-electron chi connectivity index (χ2n) is 10.9. The Morgan fingerprint density at radius 2 is 1.21 bits per heavy atom. The highest BCUT2D eigenvalue weighted by molar-refractivity contribution is 4.95. The van der Waals surface area contributed by atoms with Crippen LogP contribution in [0.3, 0.4) is 0 Å². The highest BCUT2D eigenvalue weighted by Gasteiger charge is 2.40. The molecule has 0 heterocycles. The van der Waals surface area contributed by atoms with Gasteiger partial charge in [-0.25, -0.2) is 0 Å². The summed E-state index contributed by atoms with van der Waals surface area (Å²) < 4.78 is 0. The predicted octanol–water partition coefficient (Wildman–Crippen LogP) is 7.47. The topological polar surface area (TPSA) is 24.1 Å². The molecule has 0 saturated heterocycles. The van der Waals surface area contributed by atoms with Crippen molar-refractivity contribution in [1.82, 2.24) is 10.6 Å². The molecular weight excluding hydrogens is 340 g/mol. The van der Waals surface area contributed by atoms with Crippen LogP contribution in [-0.4, -0.2) is 25.7 Å². The zero-order valence-corrected chi connectivity index (χ0v) is 20.3. The molecule has 0 aromatic carbocycles. The lowest BCUT2D eigenvalue weighted by Gasteiger charge is -2.47. The van der Waals surface area contributed by atoms with Crippen LogP contribution in [0.15, 0.2) is 0 Å².